The molecule has 0 spiro atoms. The summed E-state index contributed by atoms with van der Waals surface area (Å²) in [7, 11) is 0. The van der Waals surface area contributed by atoms with Crippen molar-refractivity contribution in [3.8, 4) is 11.1 Å². The average Bonchev–Trinajstić information content (AvgIpc) is 2.73. The highest BCUT2D eigenvalue weighted by molar-refractivity contribution is 6.05. The quantitative estimate of drug-likeness (QED) is 0.484. The number of carbonyl (C=O) groups excluding carboxylic acids is 1. The zero-order valence-electron chi connectivity index (χ0n) is 17.3. The summed E-state index contributed by atoms with van der Waals surface area (Å²) >= 11 is 0. The lowest BCUT2D eigenvalue weighted by molar-refractivity contribution is 0.102. The highest BCUT2D eigenvalue weighted by Gasteiger charge is 2.15. The second-order valence-electron chi connectivity index (χ2n) is 8.37. The molecule has 0 saturated heterocycles. The minimum atomic E-state index is -0.139. The number of nitrogen functional groups attached to an aromatic ring is 1. The lowest BCUT2D eigenvalue weighted by Gasteiger charge is -2.20. The van der Waals surface area contributed by atoms with Crippen LogP contribution in [0.5, 0.6) is 0 Å². The number of hydrogen-bond acceptors (Lipinski definition) is 4. The lowest BCUT2D eigenvalue weighted by atomic mass is 9.87. The molecule has 0 aliphatic heterocycles. The Labute approximate surface area is 176 Å². The van der Waals surface area contributed by atoms with Gasteiger partial charge in [0.15, 0.2) is 0 Å². The Kier molecular flexibility index (Phi) is 4.96. The molecule has 1 aromatic heterocycles. The Bertz CT molecular complexity index is 1240. The summed E-state index contributed by atoms with van der Waals surface area (Å²) in [5.74, 6) is 0.115. The molecule has 3 N–H and O–H groups in total. The van der Waals surface area contributed by atoms with Crippen LogP contribution < -0.4 is 11.1 Å². The van der Waals surface area contributed by atoms with Crippen molar-refractivity contribution >= 4 is 28.4 Å². The van der Waals surface area contributed by atoms with E-state index >= 15 is 0 Å². The molecule has 0 bridgehead atoms. The monoisotopic (exact) mass is 396 g/mol. The van der Waals surface area contributed by atoms with Crippen molar-refractivity contribution in [3.05, 3.63) is 84.1 Å². The van der Waals surface area contributed by atoms with Gasteiger partial charge in [0.05, 0.1) is 5.52 Å². The first kappa shape index (κ1) is 19.6. The first-order chi connectivity index (χ1) is 14.3. The largest absolute Gasteiger partial charge is 0.368 e. The molecule has 0 aliphatic carbocycles. The van der Waals surface area contributed by atoms with Crippen molar-refractivity contribution < 1.29 is 4.79 Å². The van der Waals surface area contributed by atoms with E-state index in [1.165, 1.54) is 5.56 Å². The minimum absolute atomic E-state index is 0.0190. The maximum atomic E-state index is 12.9. The Morgan fingerprint density at radius 2 is 1.70 bits per heavy atom. The first-order valence-corrected chi connectivity index (χ1v) is 9.84. The molecule has 5 heteroatoms. The molecule has 150 valence electrons. The van der Waals surface area contributed by atoms with Crippen molar-refractivity contribution in [2.24, 2.45) is 0 Å². The second kappa shape index (κ2) is 7.59. The van der Waals surface area contributed by atoms with Crippen LogP contribution in [0.4, 0.5) is 11.6 Å². The van der Waals surface area contributed by atoms with Crippen molar-refractivity contribution in [1.29, 1.82) is 0 Å². The zero-order valence-corrected chi connectivity index (χ0v) is 17.3. The van der Waals surface area contributed by atoms with Crippen LogP contribution in [0.25, 0.3) is 22.0 Å². The maximum absolute atomic E-state index is 12.9. The molecule has 30 heavy (non-hydrogen) atoms. The van der Waals surface area contributed by atoms with Crippen molar-refractivity contribution in [3.63, 3.8) is 0 Å². The lowest BCUT2D eigenvalue weighted by Crippen LogP contribution is -2.14. The van der Waals surface area contributed by atoms with Crippen LogP contribution in [-0.2, 0) is 5.41 Å². The fourth-order valence-corrected chi connectivity index (χ4v) is 3.33. The summed E-state index contributed by atoms with van der Waals surface area (Å²) < 4.78 is 0. The SMILES string of the molecule is CC(C)(C)c1cccc(NC(=O)c2cccc(-c3ccc4nc(N)ncc4c3)c2)c1. The number of fused-ring (bicyclic) bond motifs is 1. The Morgan fingerprint density at radius 1 is 0.933 bits per heavy atom. The van der Waals surface area contributed by atoms with Gasteiger partial charge in [0, 0.05) is 22.8 Å². The molecule has 4 rings (SSSR count). The number of rotatable bonds is 3. The van der Waals surface area contributed by atoms with Crippen LogP contribution in [0.2, 0.25) is 0 Å². The number of benzene rings is 3. The topological polar surface area (TPSA) is 80.9 Å². The van der Waals surface area contributed by atoms with Gasteiger partial charge in [-0.05, 0) is 58.5 Å². The third kappa shape index (κ3) is 4.15. The number of hydrogen-bond donors (Lipinski definition) is 2. The zero-order chi connectivity index (χ0) is 21.3. The van der Waals surface area contributed by atoms with Crippen molar-refractivity contribution in [1.82, 2.24) is 9.97 Å². The van der Waals surface area contributed by atoms with Crippen LogP contribution in [-0.4, -0.2) is 15.9 Å². The highest BCUT2D eigenvalue weighted by Crippen LogP contribution is 2.26. The van der Waals surface area contributed by atoms with Gasteiger partial charge in [0.2, 0.25) is 5.95 Å². The molecule has 0 aliphatic rings. The van der Waals surface area contributed by atoms with Gasteiger partial charge >= 0.3 is 0 Å². The number of anilines is 2. The van der Waals surface area contributed by atoms with Crippen molar-refractivity contribution in [2.45, 2.75) is 26.2 Å². The van der Waals surface area contributed by atoms with E-state index in [1.807, 2.05) is 60.7 Å². The third-order valence-corrected chi connectivity index (χ3v) is 5.04. The Balaban J connectivity index is 1.60. The Hall–Kier alpha value is -3.73. The van der Waals surface area contributed by atoms with E-state index in [9.17, 15) is 4.79 Å². The van der Waals surface area contributed by atoms with E-state index in [1.54, 1.807) is 6.20 Å². The van der Waals surface area contributed by atoms with E-state index in [4.69, 9.17) is 5.73 Å². The van der Waals surface area contributed by atoms with Crippen molar-refractivity contribution in [2.75, 3.05) is 11.1 Å². The van der Waals surface area contributed by atoms with E-state index in [0.29, 0.717) is 5.56 Å². The third-order valence-electron chi connectivity index (χ3n) is 5.04. The summed E-state index contributed by atoms with van der Waals surface area (Å²) in [6.45, 7) is 6.46. The number of nitrogens with one attached hydrogen (secondary N) is 1. The van der Waals surface area contributed by atoms with Gasteiger partial charge in [-0.25, -0.2) is 9.97 Å². The van der Waals surface area contributed by atoms with Gasteiger partial charge < -0.3 is 11.1 Å². The molecule has 1 heterocycles. The predicted octanol–water partition coefficient (Wildman–Crippen LogP) is 5.43. The van der Waals surface area contributed by atoms with Gasteiger partial charge in [-0.2, -0.15) is 0 Å². The van der Waals surface area contributed by atoms with Crippen LogP contribution in [0.1, 0.15) is 36.7 Å². The van der Waals surface area contributed by atoms with E-state index in [-0.39, 0.29) is 17.3 Å². The van der Waals surface area contributed by atoms with Crippen LogP contribution in [0.3, 0.4) is 0 Å². The van der Waals surface area contributed by atoms with Gasteiger partial charge in [-0.3, -0.25) is 4.79 Å². The molecule has 3 aromatic carbocycles. The number of carbonyl (C=O) groups is 1. The number of nitrogens with two attached hydrogens (primary N) is 1. The number of amides is 1. The fraction of sp³-hybridized carbons (Fsp3) is 0.160. The predicted molar refractivity (Wildman–Crippen MR) is 122 cm³/mol. The summed E-state index contributed by atoms with van der Waals surface area (Å²) in [6, 6.07) is 21.4. The van der Waals surface area contributed by atoms with Crippen LogP contribution in [0.15, 0.2) is 72.9 Å². The van der Waals surface area contributed by atoms with E-state index < -0.39 is 0 Å². The first-order valence-electron chi connectivity index (χ1n) is 9.84. The van der Waals surface area contributed by atoms with Gasteiger partial charge in [-0.15, -0.1) is 0 Å². The fourth-order valence-electron chi connectivity index (χ4n) is 3.33. The molecule has 0 unspecified atom stereocenters. The number of aromatic nitrogens is 2. The molecule has 1 amide bonds. The summed E-state index contributed by atoms with van der Waals surface area (Å²) in [6.07, 6.45) is 1.71. The molecule has 0 saturated carbocycles. The standard InChI is InChI=1S/C25H24N4O/c1-25(2,3)20-8-5-9-21(14-20)28-23(30)18-7-4-6-16(12-18)17-10-11-22-19(13-17)15-27-24(26)29-22/h4-15H,1-3H3,(H,28,30)(H2,26,27,29). The number of nitrogens with zero attached hydrogens (tertiary/aromatic N) is 2. The second-order valence-corrected chi connectivity index (χ2v) is 8.37. The molecular weight excluding hydrogens is 372 g/mol. The smallest absolute Gasteiger partial charge is 0.255 e. The van der Waals surface area contributed by atoms with Gasteiger partial charge in [-0.1, -0.05) is 51.1 Å². The summed E-state index contributed by atoms with van der Waals surface area (Å²) in [4.78, 5) is 21.2. The minimum Gasteiger partial charge on any atom is -0.368 e. The van der Waals surface area contributed by atoms with Crippen LogP contribution >= 0.6 is 0 Å². The maximum Gasteiger partial charge on any atom is 0.255 e. The summed E-state index contributed by atoms with van der Waals surface area (Å²) in [5.41, 5.74) is 11.0. The van der Waals surface area contributed by atoms with Gasteiger partial charge in [0.1, 0.15) is 0 Å². The molecule has 0 atom stereocenters. The highest BCUT2D eigenvalue weighted by atomic mass is 16.1. The van der Waals surface area contributed by atoms with E-state index in [0.717, 1.165) is 27.7 Å². The molecule has 5 nitrogen and oxygen atoms in total. The molecule has 4 aromatic rings. The van der Waals surface area contributed by atoms with Gasteiger partial charge in [0.25, 0.3) is 5.91 Å². The molecule has 0 radical (unpaired) electrons. The summed E-state index contributed by atoms with van der Waals surface area (Å²) in [5, 5.41) is 3.91. The average molecular weight is 396 g/mol. The normalized spacial score (nSPS) is 11.4. The van der Waals surface area contributed by atoms with Crippen LogP contribution in [0, 0.1) is 0 Å². The van der Waals surface area contributed by atoms with E-state index in [2.05, 4.69) is 42.1 Å². The molecule has 0 fully saturated rings. The molecular formula is C25H24N4O. The Morgan fingerprint density at radius 3 is 2.50 bits per heavy atom.